The van der Waals surface area contributed by atoms with E-state index < -0.39 is 78.5 Å². The van der Waals surface area contributed by atoms with E-state index in [1.54, 1.807) is 6.08 Å². The summed E-state index contributed by atoms with van der Waals surface area (Å²) >= 11 is 0. The fraction of sp³-hybridized carbons (Fsp3) is 0.766. The van der Waals surface area contributed by atoms with Gasteiger partial charge >= 0.3 is 10.4 Å². The Kier molecular flexibility index (Phi) is 34.6. The van der Waals surface area contributed by atoms with Crippen molar-refractivity contribution in [1.82, 2.24) is 5.32 Å². The SMILES string of the molecule is CCCCC/C=C\C=C/CCCCCCCC(O)C(=O)NC(COC1OC(CO)C(O)C(OS(=O)(=O)O)C1O)C(O)/C=C/CC/C=C/CC/C=C/CCCCCCCCCC. The van der Waals surface area contributed by atoms with E-state index in [1.165, 1.54) is 76.7 Å². The summed E-state index contributed by atoms with van der Waals surface area (Å²) in [7, 11) is -5.13. The lowest BCUT2D eigenvalue weighted by molar-refractivity contribution is -0.298. The zero-order chi connectivity index (χ0) is 45.0. The summed E-state index contributed by atoms with van der Waals surface area (Å²) in [6, 6.07) is -1.15. The Morgan fingerprint density at radius 2 is 1.15 bits per heavy atom. The normalized spacial score (nSPS) is 21.7. The van der Waals surface area contributed by atoms with Crippen LogP contribution in [-0.2, 0) is 28.9 Å². The second-order valence-electron chi connectivity index (χ2n) is 16.1. The van der Waals surface area contributed by atoms with Crippen LogP contribution in [0.5, 0.6) is 0 Å². The van der Waals surface area contributed by atoms with E-state index in [4.69, 9.17) is 9.47 Å². The smallest absolute Gasteiger partial charge is 0.394 e. The van der Waals surface area contributed by atoms with Crippen molar-refractivity contribution in [2.24, 2.45) is 0 Å². The Morgan fingerprint density at radius 3 is 1.70 bits per heavy atom. The summed E-state index contributed by atoms with van der Waals surface area (Å²) in [4.78, 5) is 13.1. The zero-order valence-electron chi connectivity index (χ0n) is 37.3. The second-order valence-corrected chi connectivity index (χ2v) is 17.2. The molecular weight excluding hydrogens is 803 g/mol. The Balaban J connectivity index is 2.65. The van der Waals surface area contributed by atoms with Crippen LogP contribution in [0.3, 0.4) is 0 Å². The minimum atomic E-state index is -5.13. The number of allylic oxidation sites excluding steroid dienone is 9. The van der Waals surface area contributed by atoms with Crippen molar-refractivity contribution in [3.63, 3.8) is 0 Å². The van der Waals surface area contributed by atoms with Crippen LogP contribution in [0.15, 0.2) is 60.8 Å². The molecule has 13 nitrogen and oxygen atoms in total. The van der Waals surface area contributed by atoms with Gasteiger partial charge in [-0.1, -0.05) is 158 Å². The van der Waals surface area contributed by atoms with Crippen molar-refractivity contribution >= 4 is 16.3 Å². The maximum Gasteiger partial charge on any atom is 0.397 e. The number of aliphatic hydroxyl groups is 5. The van der Waals surface area contributed by atoms with Gasteiger partial charge in [-0.25, -0.2) is 4.18 Å². The number of nitrogens with one attached hydrogen (secondary N) is 1. The summed E-state index contributed by atoms with van der Waals surface area (Å²) in [5.74, 6) is -0.731. The Morgan fingerprint density at radius 1 is 0.672 bits per heavy atom. The highest BCUT2D eigenvalue weighted by Gasteiger charge is 2.48. The Hall–Kier alpha value is -2.24. The highest BCUT2D eigenvalue weighted by molar-refractivity contribution is 7.80. The Bertz CT molecular complexity index is 1340. The third kappa shape index (κ3) is 29.7. The topological polar surface area (TPSA) is 212 Å². The van der Waals surface area contributed by atoms with Crippen LogP contribution in [0.25, 0.3) is 0 Å². The average Bonchev–Trinajstić information content (AvgIpc) is 3.23. The fourth-order valence-corrected chi connectivity index (χ4v) is 7.40. The van der Waals surface area contributed by atoms with Crippen LogP contribution >= 0.6 is 0 Å². The van der Waals surface area contributed by atoms with Crippen molar-refractivity contribution in [3.05, 3.63) is 60.8 Å². The lowest BCUT2D eigenvalue weighted by atomic mass is 9.99. The van der Waals surface area contributed by atoms with Gasteiger partial charge in [0, 0.05) is 0 Å². The number of ether oxygens (including phenoxy) is 2. The molecule has 1 saturated heterocycles. The van der Waals surface area contributed by atoms with Crippen molar-refractivity contribution in [2.45, 2.75) is 217 Å². The van der Waals surface area contributed by atoms with Crippen molar-refractivity contribution < 1.29 is 57.0 Å². The standard InChI is InChI=1S/C47H83NO12S/c1-3-5-7-9-11-13-15-17-19-20-21-22-24-25-27-29-31-33-35-40(50)39(38-58-47-44(53)45(60-61(55,56)57)43(52)42(37-49)59-47)48-46(54)41(51)36-34-32-30-28-26-23-18-16-14-12-10-8-6-4-2/h12,14,16,18,20-21,25,27,33,35,39-45,47,49-53H,3-11,13,15,17,19,22-24,26,28-32,34,36-38H2,1-2H3,(H,48,54)(H,55,56,57)/b14-12-,18-16-,21-20+,27-25+,35-33+. The number of rotatable bonds is 38. The molecule has 61 heavy (non-hydrogen) atoms. The molecule has 354 valence electrons. The molecule has 0 radical (unpaired) electrons. The highest BCUT2D eigenvalue weighted by atomic mass is 32.3. The molecule has 8 unspecified atom stereocenters. The molecule has 0 bridgehead atoms. The van der Waals surface area contributed by atoms with E-state index in [1.807, 2.05) is 0 Å². The van der Waals surface area contributed by atoms with Gasteiger partial charge in [-0.15, -0.1) is 0 Å². The van der Waals surface area contributed by atoms with Crippen molar-refractivity contribution in [3.8, 4) is 0 Å². The van der Waals surface area contributed by atoms with Crippen molar-refractivity contribution in [2.75, 3.05) is 13.2 Å². The van der Waals surface area contributed by atoms with E-state index in [2.05, 4.69) is 72.0 Å². The largest absolute Gasteiger partial charge is 0.397 e. The molecule has 0 spiro atoms. The summed E-state index contributed by atoms with van der Waals surface area (Å²) in [5.41, 5.74) is 0. The first-order valence-corrected chi connectivity index (χ1v) is 24.7. The molecule has 0 aliphatic carbocycles. The van der Waals surface area contributed by atoms with Gasteiger partial charge in [0.05, 0.1) is 25.4 Å². The fourth-order valence-electron chi connectivity index (χ4n) is 6.89. The van der Waals surface area contributed by atoms with Crippen molar-refractivity contribution in [1.29, 1.82) is 0 Å². The van der Waals surface area contributed by atoms with Crippen LogP contribution in [0.1, 0.15) is 168 Å². The van der Waals surface area contributed by atoms with Crippen LogP contribution in [-0.4, -0.2) is 107 Å². The first-order chi connectivity index (χ1) is 29.4. The lowest BCUT2D eigenvalue weighted by Crippen LogP contribution is -2.61. The van der Waals surface area contributed by atoms with E-state index in [0.29, 0.717) is 12.8 Å². The lowest BCUT2D eigenvalue weighted by Gasteiger charge is -2.41. The maximum absolute atomic E-state index is 13.1. The summed E-state index contributed by atoms with van der Waals surface area (Å²) < 4.78 is 47.5. The summed E-state index contributed by atoms with van der Waals surface area (Å²) in [6.07, 6.45) is 34.4. The molecule has 1 heterocycles. The number of carbonyl (C=O) groups is 1. The van der Waals surface area contributed by atoms with Crippen LogP contribution in [0.4, 0.5) is 0 Å². The molecule has 0 aromatic carbocycles. The molecule has 0 saturated carbocycles. The van der Waals surface area contributed by atoms with Gasteiger partial charge in [-0.3, -0.25) is 9.35 Å². The maximum atomic E-state index is 13.1. The van der Waals surface area contributed by atoms with Gasteiger partial charge in [0.1, 0.15) is 30.5 Å². The summed E-state index contributed by atoms with van der Waals surface area (Å²) in [6.45, 7) is 3.14. The van der Waals surface area contributed by atoms with Gasteiger partial charge in [0.15, 0.2) is 6.29 Å². The monoisotopic (exact) mass is 886 g/mol. The number of hydrogen-bond acceptors (Lipinski definition) is 11. The minimum Gasteiger partial charge on any atom is -0.394 e. The molecule has 1 fully saturated rings. The quantitative estimate of drug-likeness (QED) is 0.0136. The first kappa shape index (κ1) is 56.8. The predicted octanol–water partition coefficient (Wildman–Crippen LogP) is 8.02. The van der Waals surface area contributed by atoms with E-state index in [0.717, 1.165) is 64.2 Å². The average molecular weight is 886 g/mol. The van der Waals surface area contributed by atoms with Crippen LogP contribution in [0, 0.1) is 0 Å². The van der Waals surface area contributed by atoms with E-state index in [9.17, 15) is 43.3 Å². The molecule has 0 aromatic rings. The number of carbonyl (C=O) groups excluding carboxylic acids is 1. The molecular formula is C47H83NO12S. The van der Waals surface area contributed by atoms with E-state index in [-0.39, 0.29) is 6.42 Å². The molecule has 1 amide bonds. The molecule has 14 heteroatoms. The van der Waals surface area contributed by atoms with Gasteiger partial charge in [-0.2, -0.15) is 8.42 Å². The molecule has 1 aliphatic heterocycles. The number of aliphatic hydroxyl groups excluding tert-OH is 5. The van der Waals surface area contributed by atoms with Crippen LogP contribution < -0.4 is 5.32 Å². The van der Waals surface area contributed by atoms with Gasteiger partial charge in [0.25, 0.3) is 0 Å². The first-order valence-electron chi connectivity index (χ1n) is 23.3. The van der Waals surface area contributed by atoms with Crippen LogP contribution in [0.2, 0.25) is 0 Å². The minimum absolute atomic E-state index is 0.213. The predicted molar refractivity (Wildman–Crippen MR) is 242 cm³/mol. The number of unbranched alkanes of at least 4 members (excludes halogenated alkanes) is 18. The molecule has 1 aliphatic rings. The molecule has 0 aromatic heterocycles. The van der Waals surface area contributed by atoms with Gasteiger partial charge in [-0.05, 0) is 70.6 Å². The third-order valence-electron chi connectivity index (χ3n) is 10.6. The van der Waals surface area contributed by atoms with E-state index >= 15 is 0 Å². The molecule has 1 rings (SSSR count). The van der Waals surface area contributed by atoms with Gasteiger partial charge < -0.3 is 40.3 Å². The molecule has 8 atom stereocenters. The zero-order valence-corrected chi connectivity index (χ0v) is 38.1. The number of amides is 1. The highest BCUT2D eigenvalue weighted by Crippen LogP contribution is 2.26. The van der Waals surface area contributed by atoms with Gasteiger partial charge in [0.2, 0.25) is 5.91 Å². The molecule has 7 N–H and O–H groups in total. The Labute approximate surface area is 368 Å². The summed E-state index contributed by atoms with van der Waals surface area (Å²) in [5, 5.41) is 55.1. The third-order valence-corrected chi connectivity index (χ3v) is 11.1. The number of hydrogen-bond donors (Lipinski definition) is 7. The second kappa shape index (κ2) is 37.2.